The van der Waals surface area contributed by atoms with E-state index in [4.69, 9.17) is 16.3 Å². The number of carbonyl (C=O) groups excluding carboxylic acids is 2. The van der Waals surface area contributed by atoms with Crippen LogP contribution >= 0.6 is 11.6 Å². The molecule has 1 aliphatic heterocycles. The lowest BCUT2D eigenvalue weighted by Crippen LogP contribution is -2.24. The third kappa shape index (κ3) is 4.08. The Labute approximate surface area is 204 Å². The summed E-state index contributed by atoms with van der Waals surface area (Å²) in [6.07, 6.45) is 1.78. The molecule has 0 spiro atoms. The van der Waals surface area contributed by atoms with Gasteiger partial charge < -0.3 is 9.30 Å². The molecule has 0 unspecified atom stereocenters. The molecule has 174 valence electrons. The van der Waals surface area contributed by atoms with Gasteiger partial charge in [-0.05, 0) is 76.6 Å². The average molecular weight is 475 g/mol. The zero-order valence-electron chi connectivity index (χ0n) is 20.0. The molecule has 1 amide bonds. The molecule has 0 N–H and O–H groups in total. The second-order valence-corrected chi connectivity index (χ2v) is 8.74. The standard InChI is InChI=1S/C28H27ClN2O3/c1-6-34-28(33)26-20(5)31(22-13-11-17(2)12-14-22)27(32)23(26)16-21-15-18(3)30(19(21)4)25-10-8-7-9-24(25)29/h7-16H,6H2,1-5H3/b23-16-. The van der Waals surface area contributed by atoms with Crippen molar-refractivity contribution < 1.29 is 14.3 Å². The van der Waals surface area contributed by atoms with Crippen LogP contribution in [0.5, 0.6) is 0 Å². The molecular weight excluding hydrogens is 448 g/mol. The molecule has 0 fully saturated rings. The lowest BCUT2D eigenvalue weighted by Gasteiger charge is -2.18. The Balaban J connectivity index is 1.86. The molecular formula is C28H27ClN2O3. The number of anilines is 1. The predicted octanol–water partition coefficient (Wildman–Crippen LogP) is 6.32. The van der Waals surface area contributed by atoms with Crippen LogP contribution < -0.4 is 4.90 Å². The van der Waals surface area contributed by atoms with E-state index in [9.17, 15) is 9.59 Å². The fourth-order valence-corrected chi connectivity index (χ4v) is 4.60. The molecule has 0 saturated carbocycles. The number of para-hydroxylation sites is 1. The maximum atomic E-state index is 13.6. The van der Waals surface area contributed by atoms with Gasteiger partial charge in [0, 0.05) is 22.8 Å². The van der Waals surface area contributed by atoms with Gasteiger partial charge in [0.15, 0.2) is 0 Å². The number of hydrogen-bond acceptors (Lipinski definition) is 3. The third-order valence-corrected chi connectivity index (χ3v) is 6.35. The Kier molecular flexibility index (Phi) is 6.49. The van der Waals surface area contributed by atoms with E-state index >= 15 is 0 Å². The highest BCUT2D eigenvalue weighted by atomic mass is 35.5. The van der Waals surface area contributed by atoms with Gasteiger partial charge in [-0.1, -0.05) is 41.4 Å². The summed E-state index contributed by atoms with van der Waals surface area (Å²) in [5.41, 5.74) is 6.54. The molecule has 4 rings (SSSR count). The van der Waals surface area contributed by atoms with Crippen molar-refractivity contribution in [2.45, 2.75) is 34.6 Å². The van der Waals surface area contributed by atoms with Crippen LogP contribution in [0.3, 0.4) is 0 Å². The molecule has 5 nitrogen and oxygen atoms in total. The van der Waals surface area contributed by atoms with Crippen LogP contribution in [0.2, 0.25) is 5.02 Å². The molecule has 3 aromatic rings. The summed E-state index contributed by atoms with van der Waals surface area (Å²) >= 11 is 6.46. The molecule has 2 heterocycles. The average Bonchev–Trinajstić information content (AvgIpc) is 3.21. The van der Waals surface area contributed by atoms with Crippen molar-refractivity contribution in [1.82, 2.24) is 4.57 Å². The van der Waals surface area contributed by atoms with Crippen LogP contribution in [0, 0.1) is 20.8 Å². The van der Waals surface area contributed by atoms with Crippen molar-refractivity contribution in [2.75, 3.05) is 11.5 Å². The highest BCUT2D eigenvalue weighted by Crippen LogP contribution is 2.36. The van der Waals surface area contributed by atoms with Gasteiger partial charge >= 0.3 is 5.97 Å². The fraction of sp³-hybridized carbons (Fsp3) is 0.214. The Morgan fingerprint density at radius 1 is 1.03 bits per heavy atom. The van der Waals surface area contributed by atoms with E-state index in [1.54, 1.807) is 24.8 Å². The molecule has 1 aromatic heterocycles. The first kappa shape index (κ1) is 23.6. The number of aryl methyl sites for hydroxylation is 2. The summed E-state index contributed by atoms with van der Waals surface area (Å²) in [6, 6.07) is 17.3. The van der Waals surface area contributed by atoms with Gasteiger partial charge in [0.1, 0.15) is 0 Å². The molecule has 34 heavy (non-hydrogen) atoms. The van der Waals surface area contributed by atoms with Crippen molar-refractivity contribution in [3.8, 4) is 5.69 Å². The molecule has 0 aliphatic carbocycles. The summed E-state index contributed by atoms with van der Waals surface area (Å²) in [7, 11) is 0. The second-order valence-electron chi connectivity index (χ2n) is 8.33. The van der Waals surface area contributed by atoms with Gasteiger partial charge in [-0.2, -0.15) is 0 Å². The number of aromatic nitrogens is 1. The number of benzene rings is 2. The lowest BCUT2D eigenvalue weighted by atomic mass is 10.0. The minimum atomic E-state index is -0.505. The van der Waals surface area contributed by atoms with Crippen LogP contribution in [0.4, 0.5) is 5.69 Å². The van der Waals surface area contributed by atoms with E-state index < -0.39 is 5.97 Å². The van der Waals surface area contributed by atoms with Crippen molar-refractivity contribution >= 4 is 35.2 Å². The molecule has 1 aliphatic rings. The van der Waals surface area contributed by atoms with Crippen molar-refractivity contribution in [1.29, 1.82) is 0 Å². The second kappa shape index (κ2) is 9.35. The summed E-state index contributed by atoms with van der Waals surface area (Å²) in [5, 5.41) is 0.633. The minimum absolute atomic E-state index is 0.225. The number of esters is 1. The van der Waals surface area contributed by atoms with Gasteiger partial charge in [-0.25, -0.2) is 4.79 Å². The number of amides is 1. The van der Waals surface area contributed by atoms with Crippen LogP contribution in [0.1, 0.15) is 36.4 Å². The maximum Gasteiger partial charge on any atom is 0.340 e. The fourth-order valence-electron chi connectivity index (χ4n) is 4.38. The predicted molar refractivity (Wildman–Crippen MR) is 136 cm³/mol. The molecule has 0 bridgehead atoms. The summed E-state index contributed by atoms with van der Waals surface area (Å²) in [6.45, 7) is 9.70. The number of allylic oxidation sites excluding steroid dienone is 1. The topological polar surface area (TPSA) is 51.5 Å². The SMILES string of the molecule is CCOC(=O)C1=C(C)N(c2ccc(C)cc2)C(=O)/C1=C\c1cc(C)n(-c2ccccc2Cl)c1C. The van der Waals surface area contributed by atoms with Gasteiger partial charge in [0.2, 0.25) is 0 Å². The van der Waals surface area contributed by atoms with Crippen LogP contribution in [-0.4, -0.2) is 23.1 Å². The quantitative estimate of drug-likeness (QED) is 0.321. The first-order valence-electron chi connectivity index (χ1n) is 11.2. The summed E-state index contributed by atoms with van der Waals surface area (Å²) in [5.74, 6) is -0.763. The Bertz CT molecular complexity index is 1350. The Morgan fingerprint density at radius 3 is 2.35 bits per heavy atom. The van der Waals surface area contributed by atoms with Crippen LogP contribution in [-0.2, 0) is 14.3 Å². The summed E-state index contributed by atoms with van der Waals surface area (Å²) < 4.78 is 7.37. The van der Waals surface area contributed by atoms with Gasteiger partial charge in [-0.3, -0.25) is 9.69 Å². The van der Waals surface area contributed by atoms with Gasteiger partial charge in [0.25, 0.3) is 5.91 Å². The normalized spacial score (nSPS) is 14.9. The highest BCUT2D eigenvalue weighted by Gasteiger charge is 2.38. The van der Waals surface area contributed by atoms with Crippen molar-refractivity contribution in [2.24, 2.45) is 0 Å². The number of nitrogens with zero attached hydrogens (tertiary/aromatic N) is 2. The Morgan fingerprint density at radius 2 is 1.71 bits per heavy atom. The number of halogens is 1. The molecule has 0 saturated heterocycles. The zero-order chi connectivity index (χ0) is 24.6. The monoisotopic (exact) mass is 474 g/mol. The molecule has 6 heteroatoms. The highest BCUT2D eigenvalue weighted by molar-refractivity contribution is 6.32. The number of carbonyl (C=O) groups is 2. The molecule has 0 atom stereocenters. The summed E-state index contributed by atoms with van der Waals surface area (Å²) in [4.78, 5) is 28.1. The molecule has 0 radical (unpaired) electrons. The number of rotatable bonds is 5. The number of hydrogen-bond donors (Lipinski definition) is 0. The van der Waals surface area contributed by atoms with Crippen molar-refractivity contribution in [3.05, 3.63) is 99.0 Å². The van der Waals surface area contributed by atoms with E-state index in [1.165, 1.54) is 0 Å². The smallest absolute Gasteiger partial charge is 0.340 e. The maximum absolute atomic E-state index is 13.6. The van der Waals surface area contributed by atoms with Crippen LogP contribution in [0.15, 0.2) is 71.4 Å². The largest absolute Gasteiger partial charge is 0.462 e. The van der Waals surface area contributed by atoms with Crippen LogP contribution in [0.25, 0.3) is 11.8 Å². The van der Waals surface area contributed by atoms with Gasteiger partial charge in [-0.15, -0.1) is 0 Å². The minimum Gasteiger partial charge on any atom is -0.462 e. The Hall–Kier alpha value is -3.57. The lowest BCUT2D eigenvalue weighted by molar-refractivity contribution is -0.138. The number of ether oxygens (including phenoxy) is 1. The third-order valence-electron chi connectivity index (χ3n) is 6.04. The van der Waals surface area contributed by atoms with E-state index in [2.05, 4.69) is 0 Å². The molecule has 2 aromatic carbocycles. The van der Waals surface area contributed by atoms with Gasteiger partial charge in [0.05, 0.1) is 28.5 Å². The van der Waals surface area contributed by atoms with Crippen molar-refractivity contribution in [3.63, 3.8) is 0 Å². The first-order valence-corrected chi connectivity index (χ1v) is 11.6. The van der Waals surface area contributed by atoms with E-state index in [0.29, 0.717) is 22.0 Å². The van der Waals surface area contributed by atoms with E-state index in [-0.39, 0.29) is 18.1 Å². The van der Waals surface area contributed by atoms with E-state index in [1.807, 2.05) is 79.9 Å². The zero-order valence-corrected chi connectivity index (χ0v) is 20.7. The first-order chi connectivity index (χ1) is 16.2. The van der Waals surface area contributed by atoms with E-state index in [0.717, 1.165) is 28.2 Å².